The van der Waals surface area contributed by atoms with Crippen molar-refractivity contribution in [1.29, 1.82) is 5.26 Å². The summed E-state index contributed by atoms with van der Waals surface area (Å²) in [5, 5.41) is 23.7. The third kappa shape index (κ3) is 3.68. The number of anilines is 1. The largest absolute Gasteiger partial charge is 0.367 e. The van der Waals surface area contributed by atoms with E-state index >= 15 is 0 Å². The Balaban J connectivity index is 2.07. The second-order valence-electron chi connectivity index (χ2n) is 5.85. The number of aromatic nitrogens is 1. The number of hydrogen-bond donors (Lipinski definition) is 1. The van der Waals surface area contributed by atoms with Crippen LogP contribution in [0.2, 0.25) is 0 Å². The molecule has 1 atom stereocenters. The van der Waals surface area contributed by atoms with Gasteiger partial charge in [-0.3, -0.25) is 15.1 Å². The van der Waals surface area contributed by atoms with Crippen LogP contribution in [0.1, 0.15) is 28.4 Å². The molecule has 0 saturated carbocycles. The normalized spacial score (nSPS) is 11.4. The summed E-state index contributed by atoms with van der Waals surface area (Å²) in [6.07, 6.45) is 1.69. The van der Waals surface area contributed by atoms with Crippen molar-refractivity contribution in [1.82, 2.24) is 4.98 Å². The molecule has 0 bridgehead atoms. The molecular formula is C20H16N4O2. The first kappa shape index (κ1) is 17.1. The molecule has 6 heteroatoms. The predicted octanol–water partition coefficient (Wildman–Crippen LogP) is 4.37. The maximum atomic E-state index is 11.4. The number of nitrogens with zero attached hydrogens (tertiary/aromatic N) is 3. The highest BCUT2D eigenvalue weighted by molar-refractivity contribution is 5.65. The Labute approximate surface area is 150 Å². The van der Waals surface area contributed by atoms with Gasteiger partial charge in [0, 0.05) is 12.3 Å². The first-order valence-corrected chi connectivity index (χ1v) is 8.01. The Morgan fingerprint density at radius 2 is 2.00 bits per heavy atom. The third-order valence-corrected chi connectivity index (χ3v) is 3.98. The van der Waals surface area contributed by atoms with Crippen LogP contribution in [0.4, 0.5) is 11.4 Å². The van der Waals surface area contributed by atoms with Crippen molar-refractivity contribution in [2.45, 2.75) is 13.0 Å². The topological polar surface area (TPSA) is 91.8 Å². The summed E-state index contributed by atoms with van der Waals surface area (Å²) >= 11 is 0. The average molecular weight is 344 g/mol. The van der Waals surface area contributed by atoms with Crippen LogP contribution in [-0.2, 0) is 0 Å². The fourth-order valence-corrected chi connectivity index (χ4v) is 2.75. The Morgan fingerprint density at radius 3 is 2.65 bits per heavy atom. The van der Waals surface area contributed by atoms with Crippen LogP contribution in [-0.4, -0.2) is 9.91 Å². The summed E-state index contributed by atoms with van der Waals surface area (Å²) in [6.45, 7) is 1.99. The lowest BCUT2D eigenvalue weighted by molar-refractivity contribution is -0.384. The van der Waals surface area contributed by atoms with Gasteiger partial charge in [-0.15, -0.1) is 0 Å². The third-order valence-electron chi connectivity index (χ3n) is 3.98. The smallest absolute Gasteiger partial charge is 0.293 e. The fraction of sp³-hybridized carbons (Fsp3) is 0.100. The highest BCUT2D eigenvalue weighted by Crippen LogP contribution is 2.32. The zero-order chi connectivity index (χ0) is 18.5. The van der Waals surface area contributed by atoms with Crippen LogP contribution in [0.25, 0.3) is 0 Å². The van der Waals surface area contributed by atoms with Gasteiger partial charge in [-0.1, -0.05) is 35.9 Å². The number of benzene rings is 2. The van der Waals surface area contributed by atoms with Crippen molar-refractivity contribution in [3.63, 3.8) is 0 Å². The lowest BCUT2D eigenvalue weighted by Gasteiger charge is -2.20. The minimum atomic E-state index is -0.491. The molecule has 1 heterocycles. The van der Waals surface area contributed by atoms with Gasteiger partial charge in [-0.05, 0) is 36.8 Å². The lowest BCUT2D eigenvalue weighted by Crippen LogP contribution is -2.15. The van der Waals surface area contributed by atoms with Gasteiger partial charge in [0.05, 0.1) is 28.3 Å². The van der Waals surface area contributed by atoms with Gasteiger partial charge in [0.25, 0.3) is 5.69 Å². The molecule has 0 radical (unpaired) electrons. The molecule has 6 nitrogen and oxygen atoms in total. The summed E-state index contributed by atoms with van der Waals surface area (Å²) < 4.78 is 0. The van der Waals surface area contributed by atoms with Crippen molar-refractivity contribution < 1.29 is 4.92 Å². The van der Waals surface area contributed by atoms with E-state index in [1.165, 1.54) is 6.07 Å². The van der Waals surface area contributed by atoms with E-state index in [2.05, 4.69) is 10.3 Å². The lowest BCUT2D eigenvalue weighted by atomic mass is 10.0. The maximum Gasteiger partial charge on any atom is 0.293 e. The summed E-state index contributed by atoms with van der Waals surface area (Å²) in [5.74, 6) is 0. The Bertz CT molecular complexity index is 981. The van der Waals surface area contributed by atoms with Gasteiger partial charge in [0.2, 0.25) is 0 Å². The van der Waals surface area contributed by atoms with Crippen LogP contribution in [0, 0.1) is 28.4 Å². The summed E-state index contributed by atoms with van der Waals surface area (Å²) in [6, 6.07) is 19.4. The number of pyridine rings is 1. The van der Waals surface area contributed by atoms with Crippen LogP contribution in [0.15, 0.2) is 66.9 Å². The highest BCUT2D eigenvalue weighted by Gasteiger charge is 2.21. The first-order chi connectivity index (χ1) is 12.6. The SMILES string of the molecule is Cc1cccc(C(Nc2ccc(C#N)cc2[N+](=O)[O-])c2ccccn2)c1. The van der Waals surface area contributed by atoms with E-state index in [9.17, 15) is 10.1 Å². The van der Waals surface area contributed by atoms with Crippen molar-refractivity contribution in [2.75, 3.05) is 5.32 Å². The Hall–Kier alpha value is -3.72. The van der Waals surface area contributed by atoms with Crippen molar-refractivity contribution in [3.05, 3.63) is 99.4 Å². The van der Waals surface area contributed by atoms with E-state index in [1.807, 2.05) is 55.5 Å². The summed E-state index contributed by atoms with van der Waals surface area (Å²) in [5.41, 5.74) is 3.22. The molecule has 0 amide bonds. The zero-order valence-corrected chi connectivity index (χ0v) is 14.1. The maximum absolute atomic E-state index is 11.4. The first-order valence-electron chi connectivity index (χ1n) is 8.01. The van der Waals surface area contributed by atoms with E-state index in [0.717, 1.165) is 16.8 Å². The van der Waals surface area contributed by atoms with Gasteiger partial charge < -0.3 is 5.32 Å². The van der Waals surface area contributed by atoms with Crippen LogP contribution < -0.4 is 5.32 Å². The summed E-state index contributed by atoms with van der Waals surface area (Å²) in [7, 11) is 0. The van der Waals surface area contributed by atoms with Gasteiger partial charge in [0.15, 0.2) is 0 Å². The molecule has 1 aromatic heterocycles. The van der Waals surface area contributed by atoms with E-state index < -0.39 is 4.92 Å². The molecule has 0 spiro atoms. The molecule has 3 rings (SSSR count). The number of nitro benzene ring substituents is 1. The van der Waals surface area contributed by atoms with Crippen LogP contribution >= 0.6 is 0 Å². The van der Waals surface area contributed by atoms with Gasteiger partial charge in [0.1, 0.15) is 5.69 Å². The van der Waals surface area contributed by atoms with Gasteiger partial charge in [-0.25, -0.2) is 0 Å². The monoisotopic (exact) mass is 344 g/mol. The van der Waals surface area contributed by atoms with E-state index in [-0.39, 0.29) is 17.3 Å². The predicted molar refractivity (Wildman–Crippen MR) is 98.7 cm³/mol. The van der Waals surface area contributed by atoms with Crippen molar-refractivity contribution in [2.24, 2.45) is 0 Å². The molecule has 0 saturated heterocycles. The minimum Gasteiger partial charge on any atom is -0.367 e. The van der Waals surface area contributed by atoms with E-state index in [0.29, 0.717) is 5.69 Å². The molecule has 0 aliphatic carbocycles. The van der Waals surface area contributed by atoms with Crippen molar-refractivity contribution >= 4 is 11.4 Å². The van der Waals surface area contributed by atoms with Gasteiger partial charge in [-0.2, -0.15) is 5.26 Å². The van der Waals surface area contributed by atoms with Gasteiger partial charge >= 0.3 is 0 Å². The quantitative estimate of drug-likeness (QED) is 0.548. The Morgan fingerprint density at radius 1 is 1.15 bits per heavy atom. The molecule has 0 aliphatic heterocycles. The number of nitriles is 1. The number of rotatable bonds is 5. The fourth-order valence-electron chi connectivity index (χ4n) is 2.75. The summed E-state index contributed by atoms with van der Waals surface area (Å²) in [4.78, 5) is 15.4. The number of aryl methyl sites for hydroxylation is 1. The average Bonchev–Trinajstić information content (AvgIpc) is 2.66. The molecular weight excluding hydrogens is 328 g/mol. The zero-order valence-electron chi connectivity index (χ0n) is 14.1. The molecule has 2 aromatic carbocycles. The molecule has 128 valence electrons. The van der Waals surface area contributed by atoms with Crippen LogP contribution in [0.5, 0.6) is 0 Å². The molecule has 0 aliphatic rings. The molecule has 26 heavy (non-hydrogen) atoms. The minimum absolute atomic E-state index is 0.141. The molecule has 1 N–H and O–H groups in total. The number of nitrogens with one attached hydrogen (secondary N) is 1. The number of hydrogen-bond acceptors (Lipinski definition) is 5. The number of nitro groups is 1. The standard InChI is InChI=1S/C20H16N4O2/c1-14-5-4-6-16(11-14)20(18-7-2-3-10-22-18)23-17-9-8-15(13-21)12-19(17)24(25)26/h2-12,20,23H,1H3. The highest BCUT2D eigenvalue weighted by atomic mass is 16.6. The molecule has 0 fully saturated rings. The molecule has 1 unspecified atom stereocenters. The van der Waals surface area contributed by atoms with E-state index in [4.69, 9.17) is 5.26 Å². The second kappa shape index (κ2) is 7.45. The van der Waals surface area contributed by atoms with Crippen molar-refractivity contribution in [3.8, 4) is 6.07 Å². The van der Waals surface area contributed by atoms with Crippen LogP contribution in [0.3, 0.4) is 0 Å². The second-order valence-corrected chi connectivity index (χ2v) is 5.85. The molecule has 3 aromatic rings. The Kier molecular flexibility index (Phi) is 4.90. The van der Waals surface area contributed by atoms with E-state index in [1.54, 1.807) is 18.3 Å².